The number of halogens is 3. The molecule has 1 heterocycles. The molecule has 34 heavy (non-hydrogen) atoms. The molecule has 1 fully saturated rings. The number of Topliss-reactive ketones (excluding diaryl/α,β-unsaturated/α-hetero) is 1. The summed E-state index contributed by atoms with van der Waals surface area (Å²) in [6, 6.07) is 10.7. The fourth-order valence-electron chi connectivity index (χ4n) is 3.98. The quantitative estimate of drug-likeness (QED) is 0.308. The van der Waals surface area contributed by atoms with Gasteiger partial charge >= 0.3 is 0 Å². The van der Waals surface area contributed by atoms with Crippen LogP contribution in [0.3, 0.4) is 0 Å². The summed E-state index contributed by atoms with van der Waals surface area (Å²) in [5.41, 5.74) is 0.330. The second-order valence-electron chi connectivity index (χ2n) is 7.73. The first kappa shape index (κ1) is 23.1. The van der Waals surface area contributed by atoms with Gasteiger partial charge in [0.15, 0.2) is 0 Å². The van der Waals surface area contributed by atoms with Crippen LogP contribution in [0.1, 0.15) is 29.7 Å². The van der Waals surface area contributed by atoms with Crippen molar-refractivity contribution in [3.05, 3.63) is 100 Å². The van der Waals surface area contributed by atoms with Crippen LogP contribution < -0.4 is 9.64 Å². The highest BCUT2D eigenvalue weighted by atomic mass is 19.1. The van der Waals surface area contributed by atoms with Crippen LogP contribution in [0.2, 0.25) is 0 Å². The van der Waals surface area contributed by atoms with E-state index in [1.54, 1.807) is 19.1 Å². The maximum absolute atomic E-state index is 14.7. The molecule has 5 nitrogen and oxygen atoms in total. The van der Waals surface area contributed by atoms with Crippen molar-refractivity contribution < 1.29 is 32.6 Å². The second kappa shape index (κ2) is 9.05. The van der Waals surface area contributed by atoms with Crippen LogP contribution in [0.5, 0.6) is 5.75 Å². The largest absolute Gasteiger partial charge is 0.507 e. The lowest BCUT2D eigenvalue weighted by atomic mass is 9.94. The Morgan fingerprint density at radius 1 is 0.971 bits per heavy atom. The number of hydrogen-bond acceptors (Lipinski definition) is 4. The molecule has 0 aliphatic carbocycles. The molecule has 1 amide bonds. The number of ketones is 1. The Kier molecular flexibility index (Phi) is 6.15. The van der Waals surface area contributed by atoms with Crippen LogP contribution in [0, 0.1) is 24.4 Å². The summed E-state index contributed by atoms with van der Waals surface area (Å²) in [6.45, 7) is 4.00. The molecule has 0 radical (unpaired) electrons. The third-order valence-corrected chi connectivity index (χ3v) is 5.55. The van der Waals surface area contributed by atoms with E-state index in [0.717, 1.165) is 35.2 Å². The standard InChI is InChI=1S/C26H20F3NO4/c1-3-34-21-11-6-16(12-14(21)2)24(31)22-23(15-4-7-17(27)8-5-15)30(26(33)25(22)32)20-13-18(28)9-10-19(20)29/h4-13,23,31H,3H2,1-2H3/b24-22+. The molecule has 3 aromatic rings. The van der Waals surface area contributed by atoms with Gasteiger partial charge in [-0.25, -0.2) is 13.2 Å². The fraction of sp³-hybridized carbons (Fsp3) is 0.154. The Bertz CT molecular complexity index is 1320. The predicted octanol–water partition coefficient (Wildman–Crippen LogP) is 5.44. The molecule has 0 aromatic heterocycles. The van der Waals surface area contributed by atoms with Crippen LogP contribution >= 0.6 is 0 Å². The Labute approximate surface area is 193 Å². The molecular formula is C26H20F3NO4. The number of aryl methyl sites for hydroxylation is 1. The Morgan fingerprint density at radius 3 is 2.29 bits per heavy atom. The minimum atomic E-state index is -1.32. The summed E-state index contributed by atoms with van der Waals surface area (Å²) in [4.78, 5) is 26.9. The molecular weight excluding hydrogens is 447 g/mol. The van der Waals surface area contributed by atoms with E-state index in [0.29, 0.717) is 17.9 Å². The number of aliphatic hydroxyl groups is 1. The number of aliphatic hydroxyl groups excluding tert-OH is 1. The lowest BCUT2D eigenvalue weighted by molar-refractivity contribution is -0.132. The molecule has 8 heteroatoms. The average Bonchev–Trinajstić information content (AvgIpc) is 3.07. The Balaban J connectivity index is 1.94. The molecule has 4 rings (SSSR count). The first-order valence-corrected chi connectivity index (χ1v) is 10.5. The Hall–Kier alpha value is -4.07. The molecule has 3 aromatic carbocycles. The van der Waals surface area contributed by atoms with Crippen molar-refractivity contribution in [1.29, 1.82) is 0 Å². The molecule has 0 saturated carbocycles. The first-order chi connectivity index (χ1) is 16.2. The molecule has 1 saturated heterocycles. The monoisotopic (exact) mass is 467 g/mol. The average molecular weight is 467 g/mol. The highest BCUT2D eigenvalue weighted by Gasteiger charge is 2.47. The maximum atomic E-state index is 14.7. The number of carbonyl (C=O) groups excluding carboxylic acids is 2. The zero-order valence-corrected chi connectivity index (χ0v) is 18.3. The van der Waals surface area contributed by atoms with Gasteiger partial charge in [0.1, 0.15) is 29.0 Å². The molecule has 1 unspecified atom stereocenters. The van der Waals surface area contributed by atoms with Crippen molar-refractivity contribution in [3.63, 3.8) is 0 Å². The number of carbonyl (C=O) groups is 2. The highest BCUT2D eigenvalue weighted by Crippen LogP contribution is 2.43. The van der Waals surface area contributed by atoms with Gasteiger partial charge in [0.25, 0.3) is 11.7 Å². The van der Waals surface area contributed by atoms with E-state index in [2.05, 4.69) is 0 Å². The molecule has 1 N–H and O–H groups in total. The lowest BCUT2D eigenvalue weighted by Gasteiger charge is -2.26. The van der Waals surface area contributed by atoms with Crippen LogP contribution in [0.25, 0.3) is 5.76 Å². The van der Waals surface area contributed by atoms with Gasteiger partial charge in [0.2, 0.25) is 0 Å². The van der Waals surface area contributed by atoms with Crippen LogP contribution in [-0.2, 0) is 9.59 Å². The fourth-order valence-corrected chi connectivity index (χ4v) is 3.98. The van der Waals surface area contributed by atoms with E-state index in [1.165, 1.54) is 18.2 Å². The third kappa shape index (κ3) is 4.03. The summed E-state index contributed by atoms with van der Waals surface area (Å²) in [5, 5.41) is 11.1. The van der Waals surface area contributed by atoms with Crippen molar-refractivity contribution in [2.75, 3.05) is 11.5 Å². The van der Waals surface area contributed by atoms with E-state index in [9.17, 15) is 27.9 Å². The normalized spacial score (nSPS) is 17.3. The number of hydrogen-bond donors (Lipinski definition) is 1. The number of benzene rings is 3. The molecule has 1 aliphatic rings. The maximum Gasteiger partial charge on any atom is 0.300 e. The third-order valence-electron chi connectivity index (χ3n) is 5.55. The van der Waals surface area contributed by atoms with Crippen LogP contribution in [0.15, 0.2) is 66.2 Å². The van der Waals surface area contributed by atoms with Crippen molar-refractivity contribution in [3.8, 4) is 5.75 Å². The van der Waals surface area contributed by atoms with Gasteiger partial charge in [0.05, 0.1) is 23.9 Å². The van der Waals surface area contributed by atoms with Gasteiger partial charge in [0, 0.05) is 11.6 Å². The summed E-state index contributed by atoms with van der Waals surface area (Å²) in [5.74, 6) is -4.48. The topological polar surface area (TPSA) is 66.8 Å². The number of ether oxygens (including phenoxy) is 1. The van der Waals surface area contributed by atoms with Crippen molar-refractivity contribution in [1.82, 2.24) is 0 Å². The SMILES string of the molecule is CCOc1ccc(/C(O)=C2\C(=O)C(=O)N(c3cc(F)ccc3F)C2c2ccc(F)cc2)cc1C. The van der Waals surface area contributed by atoms with E-state index in [-0.39, 0.29) is 16.7 Å². The lowest BCUT2D eigenvalue weighted by Crippen LogP contribution is -2.30. The van der Waals surface area contributed by atoms with E-state index < -0.39 is 46.6 Å². The highest BCUT2D eigenvalue weighted by molar-refractivity contribution is 6.51. The van der Waals surface area contributed by atoms with Gasteiger partial charge in [-0.2, -0.15) is 0 Å². The second-order valence-corrected chi connectivity index (χ2v) is 7.73. The summed E-state index contributed by atoms with van der Waals surface area (Å²) < 4.78 is 47.7. The van der Waals surface area contributed by atoms with Gasteiger partial charge in [-0.1, -0.05) is 12.1 Å². The van der Waals surface area contributed by atoms with Gasteiger partial charge in [-0.05, 0) is 67.4 Å². The number of rotatable bonds is 5. The number of amides is 1. The Morgan fingerprint density at radius 2 is 1.65 bits per heavy atom. The van der Waals surface area contributed by atoms with Crippen molar-refractivity contribution in [2.24, 2.45) is 0 Å². The summed E-state index contributed by atoms with van der Waals surface area (Å²) in [7, 11) is 0. The van der Waals surface area contributed by atoms with Crippen molar-refractivity contribution in [2.45, 2.75) is 19.9 Å². The van der Waals surface area contributed by atoms with Crippen LogP contribution in [-0.4, -0.2) is 23.4 Å². The molecule has 1 aliphatic heterocycles. The van der Waals surface area contributed by atoms with Crippen LogP contribution in [0.4, 0.5) is 18.9 Å². The molecule has 174 valence electrons. The molecule has 1 atom stereocenters. The summed E-state index contributed by atoms with van der Waals surface area (Å²) >= 11 is 0. The zero-order chi connectivity index (χ0) is 24.6. The van der Waals surface area contributed by atoms with Gasteiger partial charge in [-0.15, -0.1) is 0 Å². The van der Waals surface area contributed by atoms with Gasteiger partial charge in [-0.3, -0.25) is 14.5 Å². The number of nitrogens with zero attached hydrogens (tertiary/aromatic N) is 1. The van der Waals surface area contributed by atoms with Crippen molar-refractivity contribution >= 4 is 23.1 Å². The van der Waals surface area contributed by atoms with E-state index in [1.807, 2.05) is 6.92 Å². The molecule has 0 bridgehead atoms. The van der Waals surface area contributed by atoms with E-state index in [4.69, 9.17) is 4.74 Å². The molecule has 0 spiro atoms. The van der Waals surface area contributed by atoms with E-state index >= 15 is 0 Å². The summed E-state index contributed by atoms with van der Waals surface area (Å²) in [6.07, 6.45) is 0. The minimum absolute atomic E-state index is 0.228. The first-order valence-electron chi connectivity index (χ1n) is 10.5. The smallest absolute Gasteiger partial charge is 0.300 e. The predicted molar refractivity (Wildman–Crippen MR) is 120 cm³/mol. The number of anilines is 1. The van der Waals surface area contributed by atoms with Gasteiger partial charge < -0.3 is 9.84 Å². The minimum Gasteiger partial charge on any atom is -0.507 e. The zero-order valence-electron chi connectivity index (χ0n) is 18.3.